The molecular weight excluding hydrogens is 460 g/mol. The molecule has 0 spiro atoms. The van der Waals surface area contributed by atoms with Crippen molar-refractivity contribution in [2.75, 3.05) is 0 Å². The smallest absolute Gasteiger partial charge is 0.148 e. The lowest BCUT2D eigenvalue weighted by molar-refractivity contribution is 1.10. The maximum atomic E-state index is 4.85. The van der Waals surface area contributed by atoms with Gasteiger partial charge in [-0.2, -0.15) is 0 Å². The summed E-state index contributed by atoms with van der Waals surface area (Å²) < 4.78 is 3.51. The van der Waals surface area contributed by atoms with E-state index in [0.29, 0.717) is 0 Å². The molecule has 8 rings (SSSR count). The number of nitrogens with zero attached hydrogens (tertiary/aromatic N) is 4. The third-order valence-electron chi connectivity index (χ3n) is 7.08. The van der Waals surface area contributed by atoms with Crippen molar-refractivity contribution in [1.82, 2.24) is 19.5 Å². The molecule has 7 aromatic rings. The van der Waals surface area contributed by atoms with E-state index in [9.17, 15) is 0 Å². The van der Waals surface area contributed by atoms with E-state index in [0.717, 1.165) is 38.2 Å². The Balaban J connectivity index is 1.68. The minimum Gasteiger partial charge on any atom is -0.294 e. The van der Waals surface area contributed by atoms with Gasteiger partial charge in [0, 0.05) is 54.3 Å². The van der Waals surface area contributed by atoms with Crippen molar-refractivity contribution >= 4 is 33.3 Å². The molecule has 0 unspecified atom stereocenters. The molecule has 0 saturated carbocycles. The summed E-state index contributed by atoms with van der Waals surface area (Å²) in [7, 11) is 0. The van der Waals surface area contributed by atoms with Crippen LogP contribution in [0.3, 0.4) is 0 Å². The van der Waals surface area contributed by atoms with Gasteiger partial charge in [0.2, 0.25) is 0 Å². The number of para-hydroxylation sites is 1. The maximum absolute atomic E-state index is 4.85. The fourth-order valence-electron chi connectivity index (χ4n) is 5.55. The van der Waals surface area contributed by atoms with E-state index in [2.05, 4.69) is 98.8 Å². The van der Waals surface area contributed by atoms with Crippen molar-refractivity contribution in [3.63, 3.8) is 0 Å². The summed E-state index contributed by atoms with van der Waals surface area (Å²) in [6.07, 6.45) is 5.42. The summed E-state index contributed by atoms with van der Waals surface area (Å²) in [5.41, 5.74) is 3.11. The van der Waals surface area contributed by atoms with Gasteiger partial charge in [0.1, 0.15) is 12.0 Å². The molecule has 0 N–H and O–H groups in total. The lowest BCUT2D eigenvalue weighted by Gasteiger charge is -2.08. The van der Waals surface area contributed by atoms with Gasteiger partial charge in [-0.05, 0) is 46.1 Å². The van der Waals surface area contributed by atoms with Gasteiger partial charge in [0.25, 0.3) is 0 Å². The van der Waals surface area contributed by atoms with Crippen LogP contribution in [0, 0.1) is 41.2 Å². The fourth-order valence-corrected chi connectivity index (χ4v) is 6.50. The highest BCUT2D eigenvalue weighted by Gasteiger charge is 2.13. The summed E-state index contributed by atoms with van der Waals surface area (Å²) in [6.45, 7) is 0. The first-order chi connectivity index (χ1) is 17.9. The van der Waals surface area contributed by atoms with Crippen LogP contribution in [0.2, 0.25) is 0 Å². The summed E-state index contributed by atoms with van der Waals surface area (Å²) in [6, 6.07) is 30.3. The molecule has 0 atom stereocenters. The number of benzene rings is 3. The van der Waals surface area contributed by atoms with Crippen LogP contribution in [0.25, 0.3) is 27.6 Å². The van der Waals surface area contributed by atoms with E-state index in [-0.39, 0.29) is 0 Å². The minimum atomic E-state index is 0.911. The van der Waals surface area contributed by atoms with E-state index >= 15 is 0 Å². The van der Waals surface area contributed by atoms with E-state index < -0.39 is 0 Å². The minimum absolute atomic E-state index is 0.911. The van der Waals surface area contributed by atoms with Gasteiger partial charge >= 0.3 is 0 Å². The molecule has 168 valence electrons. The number of rotatable bonds is 1. The summed E-state index contributed by atoms with van der Waals surface area (Å²) >= 11 is 1.78. The number of thiophene rings is 1. The topological polar surface area (TPSA) is 43.6 Å². The van der Waals surface area contributed by atoms with Crippen molar-refractivity contribution in [3.8, 4) is 5.69 Å². The Bertz CT molecular complexity index is 2340. The van der Waals surface area contributed by atoms with Crippen LogP contribution >= 0.6 is 11.3 Å². The molecule has 5 heteroatoms. The van der Waals surface area contributed by atoms with E-state index in [4.69, 9.17) is 4.98 Å². The fraction of sp³-hybridized carbons (Fsp3) is 0. The molecule has 0 bridgehead atoms. The van der Waals surface area contributed by atoms with Gasteiger partial charge < -0.3 is 0 Å². The van der Waals surface area contributed by atoms with Crippen molar-refractivity contribution in [2.24, 2.45) is 0 Å². The molecule has 1 aliphatic rings. The second kappa shape index (κ2) is 7.44. The zero-order valence-electron chi connectivity index (χ0n) is 19.1. The molecule has 36 heavy (non-hydrogen) atoms. The molecule has 0 aliphatic heterocycles. The van der Waals surface area contributed by atoms with Gasteiger partial charge in [0.15, 0.2) is 0 Å². The van der Waals surface area contributed by atoms with Gasteiger partial charge in [0.05, 0.1) is 10.9 Å². The first-order valence-electron chi connectivity index (χ1n) is 11.8. The first-order valence-corrected chi connectivity index (χ1v) is 12.7. The number of pyridine rings is 1. The lowest BCUT2D eigenvalue weighted by Crippen LogP contribution is -1.97. The molecule has 0 amide bonds. The molecule has 0 fully saturated rings. The van der Waals surface area contributed by atoms with Gasteiger partial charge in [-0.1, -0.05) is 54.6 Å². The standard InChI is InChI=1S/C31H18N4S/c1-2-8-22-20(6-1)26-16-19(35-28-10-4-3-7-21(28)27-17-32-18-34-31(27)35)11-12-24(26)30-25(13-15-36-30)23-9-5-14-33-29(22)23/h1-18H/b25-23-,26-20-,29-22+,30-24+. The van der Waals surface area contributed by atoms with Crippen LogP contribution in [0.1, 0.15) is 0 Å². The number of hydrogen-bond acceptors (Lipinski definition) is 4. The van der Waals surface area contributed by atoms with Gasteiger partial charge in [-0.15, -0.1) is 11.3 Å². The van der Waals surface area contributed by atoms with Crippen LogP contribution in [0.15, 0.2) is 109 Å². The largest absolute Gasteiger partial charge is 0.294 e. The zero-order valence-corrected chi connectivity index (χ0v) is 19.9. The quantitative estimate of drug-likeness (QED) is 0.271. The Morgan fingerprint density at radius 1 is 0.639 bits per heavy atom. The lowest BCUT2D eigenvalue weighted by atomic mass is 10.1. The van der Waals surface area contributed by atoms with Crippen LogP contribution in [0.4, 0.5) is 0 Å². The molecule has 4 nitrogen and oxygen atoms in total. The number of fused-ring (bicyclic) bond motifs is 7. The summed E-state index contributed by atoms with van der Waals surface area (Å²) in [4.78, 5) is 13.8. The van der Waals surface area contributed by atoms with Crippen molar-refractivity contribution in [2.45, 2.75) is 0 Å². The molecule has 4 heterocycles. The molecule has 1 aliphatic carbocycles. The molecule has 0 saturated heterocycles. The Kier molecular flexibility index (Phi) is 4.07. The third-order valence-corrected chi connectivity index (χ3v) is 8.03. The summed E-state index contributed by atoms with van der Waals surface area (Å²) in [5.74, 6) is 0. The average Bonchev–Trinajstić information content (AvgIpc) is 3.55. The molecule has 4 aromatic heterocycles. The zero-order chi connectivity index (χ0) is 23.6. The van der Waals surface area contributed by atoms with Crippen LogP contribution in [-0.4, -0.2) is 19.5 Å². The van der Waals surface area contributed by atoms with E-state index in [1.807, 2.05) is 18.5 Å². The summed E-state index contributed by atoms with van der Waals surface area (Å²) in [5, 5.41) is 12.6. The highest BCUT2D eigenvalue weighted by atomic mass is 32.1. The van der Waals surface area contributed by atoms with Crippen LogP contribution in [-0.2, 0) is 0 Å². The predicted molar refractivity (Wildman–Crippen MR) is 142 cm³/mol. The monoisotopic (exact) mass is 478 g/mol. The maximum Gasteiger partial charge on any atom is 0.148 e. The normalized spacial score (nSPS) is 15.9. The highest BCUT2D eigenvalue weighted by Crippen LogP contribution is 2.30. The second-order valence-electron chi connectivity index (χ2n) is 8.95. The first kappa shape index (κ1) is 19.7. The Labute approximate surface area is 208 Å². The van der Waals surface area contributed by atoms with Crippen molar-refractivity contribution < 1.29 is 0 Å². The SMILES string of the molecule is c1ccc2/c(c1)=c1/cc(-n3c4ccccc4c4cncnc43)cc/c1=c1\scc\c1=c1/cccn/c1=2. The third kappa shape index (κ3) is 2.66. The van der Waals surface area contributed by atoms with E-state index in [1.165, 1.54) is 30.6 Å². The van der Waals surface area contributed by atoms with Crippen molar-refractivity contribution in [1.29, 1.82) is 0 Å². The number of aromatic nitrogens is 4. The Morgan fingerprint density at radius 3 is 2.47 bits per heavy atom. The average molecular weight is 479 g/mol. The van der Waals surface area contributed by atoms with Gasteiger partial charge in [-0.3, -0.25) is 9.55 Å². The molecule has 0 radical (unpaired) electrons. The number of hydrogen-bond donors (Lipinski definition) is 0. The van der Waals surface area contributed by atoms with Gasteiger partial charge in [-0.25, -0.2) is 9.97 Å². The molecular formula is C31H18N4S. The van der Waals surface area contributed by atoms with Crippen LogP contribution < -0.4 is 0 Å². The van der Waals surface area contributed by atoms with E-state index in [1.54, 1.807) is 17.7 Å². The van der Waals surface area contributed by atoms with Crippen molar-refractivity contribution in [3.05, 3.63) is 150 Å². The molecule has 3 aromatic carbocycles. The Hall–Kier alpha value is -4.61. The predicted octanol–water partition coefficient (Wildman–Crippen LogP) is 6.49. The highest BCUT2D eigenvalue weighted by molar-refractivity contribution is 7.08. The Morgan fingerprint density at radius 2 is 1.50 bits per heavy atom. The van der Waals surface area contributed by atoms with Crippen LogP contribution in [0.5, 0.6) is 0 Å². The second-order valence-corrected chi connectivity index (χ2v) is 9.87.